The second-order valence-corrected chi connectivity index (χ2v) is 11.0. The second kappa shape index (κ2) is 18.5. The molecule has 0 radical (unpaired) electrons. The van der Waals surface area contributed by atoms with Crippen LogP contribution in [0.5, 0.6) is 0 Å². The van der Waals surface area contributed by atoms with E-state index in [1.54, 1.807) is 18.2 Å². The van der Waals surface area contributed by atoms with Crippen molar-refractivity contribution in [2.75, 3.05) is 13.7 Å². The molecule has 1 aromatic heterocycles. The number of aromatic nitrogens is 2. The number of nitrogens with zero attached hydrogens (tertiary/aromatic N) is 2. The molecule has 3 rings (SSSR count). The first kappa shape index (κ1) is 35.2. The van der Waals surface area contributed by atoms with Crippen molar-refractivity contribution >= 4 is 47.4 Å². The molecule has 45 heavy (non-hydrogen) atoms. The largest absolute Gasteiger partial charge is 0.494 e. The number of methoxy groups -OCH3 is 1. The Kier molecular flexibility index (Phi) is 14.4. The first-order chi connectivity index (χ1) is 21.8. The summed E-state index contributed by atoms with van der Waals surface area (Å²) in [6, 6.07) is 13.6. The summed E-state index contributed by atoms with van der Waals surface area (Å²) in [5.74, 6) is 1.16. The van der Waals surface area contributed by atoms with Crippen LogP contribution in [0.4, 0.5) is 0 Å². The zero-order chi connectivity index (χ0) is 32.6. The normalized spacial score (nSPS) is 12.9. The lowest BCUT2D eigenvalue weighted by Gasteiger charge is -2.06. The van der Waals surface area contributed by atoms with Crippen LogP contribution in [0.15, 0.2) is 115 Å². The van der Waals surface area contributed by atoms with E-state index in [4.69, 9.17) is 37.7 Å². The fraction of sp³-hybridized carbons (Fsp3) is 0.211. The average molecular weight is 644 g/mol. The van der Waals surface area contributed by atoms with Crippen molar-refractivity contribution in [2.45, 2.75) is 40.2 Å². The van der Waals surface area contributed by atoms with Crippen LogP contribution in [0.2, 0.25) is 10.0 Å². The molecule has 0 amide bonds. The average Bonchev–Trinajstić information content (AvgIpc) is 3.42. The molecule has 0 fully saturated rings. The number of hydrogen-bond donors (Lipinski definition) is 0. The highest BCUT2D eigenvalue weighted by atomic mass is 35.5. The van der Waals surface area contributed by atoms with E-state index in [0.717, 1.165) is 52.4 Å². The molecule has 1 heterocycles. The number of rotatable bonds is 15. The number of carbonyl (C=O) groups excluding carboxylic acids is 1. The van der Waals surface area contributed by atoms with Crippen molar-refractivity contribution in [3.05, 3.63) is 142 Å². The van der Waals surface area contributed by atoms with Crippen molar-refractivity contribution < 1.29 is 14.3 Å². The third-order valence-electron chi connectivity index (χ3n) is 6.63. The molecule has 5 nitrogen and oxygen atoms in total. The highest BCUT2D eigenvalue weighted by Crippen LogP contribution is 2.30. The van der Waals surface area contributed by atoms with Crippen molar-refractivity contribution in [2.24, 2.45) is 0 Å². The number of benzene rings is 2. The third kappa shape index (κ3) is 11.3. The Hall–Kier alpha value is -4.32. The van der Waals surface area contributed by atoms with Crippen molar-refractivity contribution in [3.8, 4) is 11.3 Å². The first-order valence-corrected chi connectivity index (χ1v) is 15.6. The van der Waals surface area contributed by atoms with Gasteiger partial charge in [0.05, 0.1) is 30.0 Å². The lowest BCUT2D eigenvalue weighted by atomic mass is 10.1. The number of allylic oxidation sites excluding steroid dienone is 7. The van der Waals surface area contributed by atoms with Crippen molar-refractivity contribution in [3.63, 3.8) is 0 Å². The molecule has 0 spiro atoms. The van der Waals surface area contributed by atoms with E-state index >= 15 is 0 Å². The van der Waals surface area contributed by atoms with Crippen LogP contribution < -0.4 is 0 Å². The molecule has 0 saturated heterocycles. The van der Waals surface area contributed by atoms with Crippen molar-refractivity contribution in [1.82, 2.24) is 9.55 Å². The van der Waals surface area contributed by atoms with Gasteiger partial charge in [-0.2, -0.15) is 0 Å². The van der Waals surface area contributed by atoms with Crippen LogP contribution >= 0.6 is 23.2 Å². The fourth-order valence-corrected chi connectivity index (χ4v) is 4.71. The summed E-state index contributed by atoms with van der Waals surface area (Å²) in [4.78, 5) is 16.8. The lowest BCUT2D eigenvalue weighted by molar-refractivity contribution is -0.135. The van der Waals surface area contributed by atoms with Gasteiger partial charge >= 0.3 is 5.97 Å². The number of esters is 1. The second-order valence-electron chi connectivity index (χ2n) is 10.2. The maximum Gasteiger partial charge on any atom is 0.337 e. The monoisotopic (exact) mass is 642 g/mol. The zero-order valence-electron chi connectivity index (χ0n) is 26.3. The van der Waals surface area contributed by atoms with Crippen LogP contribution in [0.25, 0.3) is 29.5 Å². The minimum Gasteiger partial charge on any atom is -0.494 e. The number of carbonyl (C=O) groups is 1. The van der Waals surface area contributed by atoms with Crippen LogP contribution in [0.3, 0.4) is 0 Å². The number of unbranched alkanes of at least 4 members (excludes halogenated alkanes) is 1. The minimum atomic E-state index is -0.437. The van der Waals surface area contributed by atoms with Gasteiger partial charge in [0.2, 0.25) is 0 Å². The highest BCUT2D eigenvalue weighted by Gasteiger charge is 2.12. The van der Waals surface area contributed by atoms with Gasteiger partial charge in [-0.1, -0.05) is 109 Å². The van der Waals surface area contributed by atoms with E-state index < -0.39 is 5.97 Å². The van der Waals surface area contributed by atoms with Crippen LogP contribution in [0.1, 0.15) is 50.6 Å². The summed E-state index contributed by atoms with van der Waals surface area (Å²) in [7, 11) is 1.35. The topological polar surface area (TPSA) is 53.4 Å². The Morgan fingerprint density at radius 2 is 1.76 bits per heavy atom. The maximum absolute atomic E-state index is 11.9. The van der Waals surface area contributed by atoms with Crippen LogP contribution in [-0.2, 0) is 20.8 Å². The van der Waals surface area contributed by atoms with Crippen molar-refractivity contribution in [1.29, 1.82) is 0 Å². The zero-order valence-corrected chi connectivity index (χ0v) is 27.8. The summed E-state index contributed by atoms with van der Waals surface area (Å²) in [6.45, 7) is 11.1. The van der Waals surface area contributed by atoms with Gasteiger partial charge in [0, 0.05) is 23.3 Å². The quantitative estimate of drug-likeness (QED) is 0.0544. The molecule has 234 valence electrons. The summed E-state index contributed by atoms with van der Waals surface area (Å²) in [5, 5.41) is 1.08. The van der Waals surface area contributed by atoms with Gasteiger partial charge in [0.15, 0.2) is 0 Å². The van der Waals surface area contributed by atoms with E-state index in [1.807, 2.05) is 73.2 Å². The molecule has 0 aliphatic carbocycles. The van der Waals surface area contributed by atoms with Gasteiger partial charge in [-0.25, -0.2) is 9.78 Å². The standard InChI is InChI=1S/C38H40Cl2N2O3/c1-6-9-24-45-33(11-7-2)13-10-12-29-15-17-30(18-16-29)19-23-37-41-36(34-22-21-32(39)25-35(34)40)27-42(37)26-28(4)14-20-31(8-3)38(43)44-5/h7-8,10-23,25,27H,3,6,9,24,26H2,1-2,4-5H3/b11-7-,12-10+,23-19+,28-14+,31-20+,33-13+. The highest BCUT2D eigenvalue weighted by molar-refractivity contribution is 6.36. The van der Waals surface area contributed by atoms with Crippen LogP contribution in [0, 0.1) is 0 Å². The van der Waals surface area contributed by atoms with Gasteiger partial charge in [-0.3, -0.25) is 0 Å². The van der Waals surface area contributed by atoms with Gasteiger partial charge in [-0.15, -0.1) is 0 Å². The van der Waals surface area contributed by atoms with E-state index in [9.17, 15) is 4.79 Å². The number of imidazole rings is 1. The van der Waals surface area contributed by atoms with Crippen LogP contribution in [-0.4, -0.2) is 29.2 Å². The Morgan fingerprint density at radius 3 is 2.40 bits per heavy atom. The Bertz CT molecular complexity index is 1640. The lowest BCUT2D eigenvalue weighted by Crippen LogP contribution is -2.03. The van der Waals surface area contributed by atoms with Gasteiger partial charge in [-0.05, 0) is 73.9 Å². The Morgan fingerprint density at radius 1 is 1.02 bits per heavy atom. The number of halogens is 2. The fourth-order valence-electron chi connectivity index (χ4n) is 4.20. The summed E-state index contributed by atoms with van der Waals surface area (Å²) in [6.07, 6.45) is 23.1. The molecule has 0 N–H and O–H groups in total. The molecule has 0 saturated carbocycles. The molecule has 3 aromatic rings. The molecule has 0 bridgehead atoms. The minimum absolute atomic E-state index is 0.379. The van der Waals surface area contributed by atoms with Gasteiger partial charge < -0.3 is 14.0 Å². The molecule has 0 aliphatic rings. The molecule has 0 atom stereocenters. The van der Waals surface area contributed by atoms with Gasteiger partial charge in [0.25, 0.3) is 0 Å². The molecule has 7 heteroatoms. The van der Waals surface area contributed by atoms with E-state index in [1.165, 1.54) is 13.2 Å². The smallest absolute Gasteiger partial charge is 0.337 e. The Balaban J connectivity index is 1.85. The van der Waals surface area contributed by atoms with E-state index in [2.05, 4.69) is 43.8 Å². The molecule has 2 aromatic carbocycles. The maximum atomic E-state index is 11.9. The SMILES string of the molecule is C=C/C(=C\C=C(/C)Cn1cc(-c2ccc(Cl)cc2Cl)nc1/C=C/c1ccc(/C=C/C=C(\C=C/C)OCCCC)cc1)C(=O)OC. The predicted octanol–water partition coefficient (Wildman–Crippen LogP) is 10.5. The van der Waals surface area contributed by atoms with E-state index in [0.29, 0.717) is 28.8 Å². The first-order valence-electron chi connectivity index (χ1n) is 14.8. The third-order valence-corrected chi connectivity index (χ3v) is 7.18. The summed E-state index contributed by atoms with van der Waals surface area (Å²) >= 11 is 12.6. The molecular formula is C38H40Cl2N2O3. The number of hydrogen-bond acceptors (Lipinski definition) is 4. The summed E-state index contributed by atoms with van der Waals surface area (Å²) < 4.78 is 12.7. The molecular weight excluding hydrogens is 603 g/mol. The molecule has 0 unspecified atom stereocenters. The number of ether oxygens (including phenoxy) is 2. The summed E-state index contributed by atoms with van der Waals surface area (Å²) in [5.41, 5.74) is 5.00. The predicted molar refractivity (Wildman–Crippen MR) is 190 cm³/mol. The van der Waals surface area contributed by atoms with Gasteiger partial charge in [0.1, 0.15) is 11.6 Å². The van der Waals surface area contributed by atoms with E-state index in [-0.39, 0.29) is 0 Å². The molecule has 0 aliphatic heterocycles. The Labute approximate surface area is 277 Å².